The van der Waals surface area contributed by atoms with Crippen LogP contribution in [0.1, 0.15) is 15.9 Å². The van der Waals surface area contributed by atoms with E-state index in [1.807, 2.05) is 0 Å². The van der Waals surface area contributed by atoms with Crippen molar-refractivity contribution >= 4 is 44.9 Å². The number of benzene rings is 2. The highest BCUT2D eigenvalue weighted by Gasteiger charge is 2.20. The number of ether oxygens (including phenoxy) is 2. The van der Waals surface area contributed by atoms with Crippen LogP contribution in [-0.4, -0.2) is 19.0 Å². The Bertz CT molecular complexity index is 731. The van der Waals surface area contributed by atoms with E-state index in [4.69, 9.17) is 32.7 Å². The number of carbonyl (C=O) groups excluding carboxylic acids is 1. The third-order valence-electron chi connectivity index (χ3n) is 3.06. The van der Waals surface area contributed by atoms with Gasteiger partial charge in [0.25, 0.3) is 0 Å². The molecule has 0 fully saturated rings. The van der Waals surface area contributed by atoms with Crippen molar-refractivity contribution in [3.05, 3.63) is 56.0 Å². The molecular weight excluding hydrogens is 379 g/mol. The van der Waals surface area contributed by atoms with E-state index in [0.29, 0.717) is 50.4 Å². The number of hydrogen-bond donors (Lipinski definition) is 0. The third kappa shape index (κ3) is 2.89. The second kappa shape index (κ2) is 5.87. The summed E-state index contributed by atoms with van der Waals surface area (Å²) in [5.41, 5.74) is 0.944. The van der Waals surface area contributed by atoms with Crippen molar-refractivity contribution in [3.8, 4) is 11.5 Å². The number of hydrogen-bond acceptors (Lipinski definition) is 3. The first-order chi connectivity index (χ1) is 10.1. The molecule has 0 bridgehead atoms. The molecule has 1 aliphatic heterocycles. The summed E-state index contributed by atoms with van der Waals surface area (Å²) in [4.78, 5) is 12.6. The van der Waals surface area contributed by atoms with E-state index < -0.39 is 0 Å². The Morgan fingerprint density at radius 2 is 1.67 bits per heavy atom. The fraction of sp³-hybridized carbons (Fsp3) is 0.133. The van der Waals surface area contributed by atoms with E-state index in [0.717, 1.165) is 0 Å². The van der Waals surface area contributed by atoms with Gasteiger partial charge in [-0.2, -0.15) is 0 Å². The molecule has 0 saturated carbocycles. The van der Waals surface area contributed by atoms with E-state index in [1.165, 1.54) is 0 Å². The van der Waals surface area contributed by atoms with Crippen molar-refractivity contribution in [3.63, 3.8) is 0 Å². The van der Waals surface area contributed by atoms with Crippen LogP contribution in [0.4, 0.5) is 0 Å². The minimum atomic E-state index is -0.169. The molecule has 0 unspecified atom stereocenters. The lowest BCUT2D eigenvalue weighted by molar-refractivity contribution is 0.103. The number of rotatable bonds is 2. The zero-order chi connectivity index (χ0) is 15.0. The maximum atomic E-state index is 12.6. The van der Waals surface area contributed by atoms with Crippen molar-refractivity contribution in [2.75, 3.05) is 13.2 Å². The van der Waals surface area contributed by atoms with Crippen molar-refractivity contribution < 1.29 is 14.3 Å². The van der Waals surface area contributed by atoms with Crippen LogP contribution in [0.25, 0.3) is 0 Å². The maximum Gasteiger partial charge on any atom is 0.194 e. The van der Waals surface area contributed by atoms with Gasteiger partial charge in [-0.25, -0.2) is 0 Å². The summed E-state index contributed by atoms with van der Waals surface area (Å²) >= 11 is 15.2. The summed E-state index contributed by atoms with van der Waals surface area (Å²) < 4.78 is 11.6. The van der Waals surface area contributed by atoms with Crippen LogP contribution in [0.3, 0.4) is 0 Å². The normalized spacial score (nSPS) is 13.1. The van der Waals surface area contributed by atoms with Gasteiger partial charge in [0, 0.05) is 15.6 Å². The van der Waals surface area contributed by atoms with Crippen LogP contribution in [0, 0.1) is 0 Å². The molecule has 0 amide bonds. The number of carbonyl (C=O) groups is 1. The second-order valence-corrected chi connectivity index (χ2v) is 6.10. The summed E-state index contributed by atoms with van der Waals surface area (Å²) in [6.45, 7) is 0.967. The van der Waals surface area contributed by atoms with Crippen molar-refractivity contribution in [2.45, 2.75) is 0 Å². The first-order valence-electron chi connectivity index (χ1n) is 6.15. The van der Waals surface area contributed by atoms with Gasteiger partial charge < -0.3 is 9.47 Å². The van der Waals surface area contributed by atoms with Gasteiger partial charge in [-0.15, -0.1) is 0 Å². The van der Waals surface area contributed by atoms with Gasteiger partial charge >= 0.3 is 0 Å². The number of ketones is 1. The Kier molecular flexibility index (Phi) is 4.11. The minimum absolute atomic E-state index is 0.169. The summed E-state index contributed by atoms with van der Waals surface area (Å²) in [5.74, 6) is 1.02. The van der Waals surface area contributed by atoms with Gasteiger partial charge in [-0.3, -0.25) is 4.79 Å². The van der Waals surface area contributed by atoms with E-state index in [1.54, 1.807) is 30.3 Å². The first-order valence-corrected chi connectivity index (χ1v) is 7.70. The molecule has 3 nitrogen and oxygen atoms in total. The second-order valence-electron chi connectivity index (χ2n) is 4.43. The topological polar surface area (TPSA) is 35.5 Å². The third-order valence-corrected chi connectivity index (χ3v) is 4.45. The van der Waals surface area contributed by atoms with Crippen molar-refractivity contribution in [1.29, 1.82) is 0 Å². The van der Waals surface area contributed by atoms with Gasteiger partial charge in [0.05, 0.1) is 10.0 Å². The van der Waals surface area contributed by atoms with Crippen molar-refractivity contribution in [1.82, 2.24) is 0 Å². The van der Waals surface area contributed by atoms with E-state index in [2.05, 4.69) is 15.9 Å². The number of fused-ring (bicyclic) bond motifs is 1. The summed E-state index contributed by atoms with van der Waals surface area (Å²) in [7, 11) is 0. The molecular formula is C15H9BrCl2O3. The average molecular weight is 388 g/mol. The fourth-order valence-corrected chi connectivity index (χ4v) is 2.83. The predicted molar refractivity (Wildman–Crippen MR) is 85.0 cm³/mol. The van der Waals surface area contributed by atoms with Crippen LogP contribution in [0.2, 0.25) is 10.0 Å². The largest absolute Gasteiger partial charge is 0.486 e. The Balaban J connectivity index is 2.03. The molecule has 0 saturated heterocycles. The summed E-state index contributed by atoms with van der Waals surface area (Å²) in [5, 5.41) is 0.755. The number of halogens is 3. The lowest BCUT2D eigenvalue weighted by atomic mass is 10.0. The Hall–Kier alpha value is -1.23. The lowest BCUT2D eigenvalue weighted by Gasteiger charge is -2.19. The molecule has 0 radical (unpaired) electrons. The van der Waals surface area contributed by atoms with Crippen LogP contribution < -0.4 is 9.47 Å². The molecule has 2 aromatic carbocycles. The first kappa shape index (κ1) is 14.7. The molecule has 0 atom stereocenters. The molecule has 6 heteroatoms. The highest BCUT2D eigenvalue weighted by molar-refractivity contribution is 9.10. The molecule has 3 rings (SSSR count). The van der Waals surface area contributed by atoms with Crippen LogP contribution in [0.15, 0.2) is 34.8 Å². The van der Waals surface area contributed by atoms with Gasteiger partial charge in [0.1, 0.15) is 13.2 Å². The van der Waals surface area contributed by atoms with E-state index in [9.17, 15) is 4.79 Å². The van der Waals surface area contributed by atoms with Crippen LogP contribution in [0.5, 0.6) is 11.5 Å². The van der Waals surface area contributed by atoms with Gasteiger partial charge in [0.15, 0.2) is 17.3 Å². The minimum Gasteiger partial charge on any atom is -0.486 e. The predicted octanol–water partition coefficient (Wildman–Crippen LogP) is 4.76. The molecule has 0 aliphatic carbocycles. The maximum absolute atomic E-state index is 12.6. The SMILES string of the molecule is O=C(c1ccc(Cl)c(Cl)c1)c1cc2c(cc1Br)OCCO2. The van der Waals surface area contributed by atoms with Crippen molar-refractivity contribution in [2.24, 2.45) is 0 Å². The molecule has 108 valence electrons. The Morgan fingerprint density at radius 1 is 1.00 bits per heavy atom. The van der Waals surface area contributed by atoms with Gasteiger partial charge in [0.2, 0.25) is 0 Å². The zero-order valence-electron chi connectivity index (χ0n) is 10.7. The average Bonchev–Trinajstić information content (AvgIpc) is 2.48. The van der Waals surface area contributed by atoms with E-state index in [-0.39, 0.29) is 5.78 Å². The molecule has 0 N–H and O–H groups in total. The fourth-order valence-electron chi connectivity index (χ4n) is 2.03. The standard InChI is InChI=1S/C15H9BrCl2O3/c16-10-7-14-13(20-3-4-21-14)6-9(10)15(19)8-1-2-11(17)12(18)5-8/h1-2,5-7H,3-4H2. The van der Waals surface area contributed by atoms with Gasteiger partial charge in [-0.1, -0.05) is 23.2 Å². The molecule has 21 heavy (non-hydrogen) atoms. The molecule has 1 aliphatic rings. The Morgan fingerprint density at radius 3 is 2.33 bits per heavy atom. The van der Waals surface area contributed by atoms with Crippen LogP contribution >= 0.6 is 39.1 Å². The molecule has 0 spiro atoms. The van der Waals surface area contributed by atoms with Gasteiger partial charge in [-0.05, 0) is 46.3 Å². The summed E-state index contributed by atoms with van der Waals surface area (Å²) in [6, 6.07) is 8.20. The molecule has 2 aromatic rings. The van der Waals surface area contributed by atoms with Crippen LogP contribution in [-0.2, 0) is 0 Å². The zero-order valence-corrected chi connectivity index (χ0v) is 13.8. The molecule has 0 aromatic heterocycles. The van der Waals surface area contributed by atoms with E-state index >= 15 is 0 Å². The highest BCUT2D eigenvalue weighted by Crippen LogP contribution is 2.36. The Labute approximate surface area is 139 Å². The quantitative estimate of drug-likeness (QED) is 0.697. The lowest BCUT2D eigenvalue weighted by Crippen LogP contribution is -2.16. The molecule has 1 heterocycles. The highest BCUT2D eigenvalue weighted by atomic mass is 79.9. The summed E-state index contributed by atoms with van der Waals surface area (Å²) in [6.07, 6.45) is 0. The monoisotopic (exact) mass is 386 g/mol. The smallest absolute Gasteiger partial charge is 0.194 e.